The van der Waals surface area contributed by atoms with Gasteiger partial charge in [0.25, 0.3) is 0 Å². The van der Waals surface area contributed by atoms with E-state index in [1.807, 2.05) is 21.6 Å². The van der Waals surface area contributed by atoms with Crippen molar-refractivity contribution in [2.45, 2.75) is 19.4 Å². The first kappa shape index (κ1) is 16.3. The summed E-state index contributed by atoms with van der Waals surface area (Å²) in [6, 6.07) is 7.81. The van der Waals surface area contributed by atoms with Crippen LogP contribution in [0.4, 0.5) is 0 Å². The third-order valence-corrected chi connectivity index (χ3v) is 5.05. The minimum atomic E-state index is -0.364. The third kappa shape index (κ3) is 3.06. The molecule has 5 unspecified atom stereocenters. The van der Waals surface area contributed by atoms with Crippen LogP contribution in [0, 0.1) is 6.92 Å². The topological polar surface area (TPSA) is 34.5 Å². The van der Waals surface area contributed by atoms with E-state index >= 15 is 0 Å². The molecule has 2 rings (SSSR count). The summed E-state index contributed by atoms with van der Waals surface area (Å²) < 4.78 is 8.60. The predicted molar refractivity (Wildman–Crippen MR) is 96.3 cm³/mol. The summed E-state index contributed by atoms with van der Waals surface area (Å²) >= 11 is 0. The van der Waals surface area contributed by atoms with Crippen molar-refractivity contribution >= 4 is 54.5 Å². The normalized spacial score (nSPS) is 12.9. The molecule has 20 heavy (non-hydrogen) atoms. The maximum absolute atomic E-state index is 11.9. The zero-order valence-electron chi connectivity index (χ0n) is 11.1. The van der Waals surface area contributed by atoms with Gasteiger partial charge in [-0.15, -0.1) is 0 Å². The number of fused-ring (bicyclic) bond motifs is 1. The molecule has 0 aliphatic heterocycles. The zero-order valence-corrected chi connectivity index (χ0v) is 15.7. The molecule has 0 aliphatic carbocycles. The Labute approximate surface area is 128 Å². The summed E-state index contributed by atoms with van der Waals surface area (Å²) in [5, 5.41) is 1.17. The maximum Gasteiger partial charge on any atom is 0.326 e. The van der Waals surface area contributed by atoms with Gasteiger partial charge in [0.2, 0.25) is 0 Å². The van der Waals surface area contributed by atoms with Crippen molar-refractivity contribution in [2.24, 2.45) is 0 Å². The standard InChI is InChI=1S/C12H18N2O2P4/c1-7-9(6-11(14(18)19)12(15)16-20)8-4-2-3-5-10(8)13(7)17/h2-5,11H,6,17-20H2,1H3. The Hall–Kier alpha value is -0.0900. The zero-order chi connectivity index (χ0) is 14.9. The van der Waals surface area contributed by atoms with Gasteiger partial charge in [0.05, 0.1) is 15.0 Å². The second-order valence-corrected chi connectivity index (χ2v) is 7.10. The molecule has 0 fully saturated rings. The van der Waals surface area contributed by atoms with Crippen LogP contribution < -0.4 is 0 Å². The molecule has 1 aromatic carbocycles. The minimum Gasteiger partial charge on any atom is -0.450 e. The van der Waals surface area contributed by atoms with Crippen LogP contribution in [0.5, 0.6) is 0 Å². The van der Waals surface area contributed by atoms with E-state index in [4.69, 9.17) is 4.52 Å². The number of benzene rings is 1. The Balaban J connectivity index is 2.47. The number of hydrogen-bond donors (Lipinski definition) is 0. The van der Waals surface area contributed by atoms with E-state index in [-0.39, 0.29) is 12.0 Å². The average Bonchev–Trinajstić information content (AvgIpc) is 2.68. The molecule has 0 amide bonds. The summed E-state index contributed by atoms with van der Waals surface area (Å²) in [5.41, 5.74) is 3.43. The molecule has 1 heterocycles. The Morgan fingerprint density at radius 2 is 2.05 bits per heavy atom. The number of carbonyl (C=O) groups excluding carboxylic acids is 1. The smallest absolute Gasteiger partial charge is 0.326 e. The number of aromatic nitrogens is 1. The van der Waals surface area contributed by atoms with Crippen LogP contribution >= 0.6 is 37.6 Å². The van der Waals surface area contributed by atoms with Gasteiger partial charge in [0, 0.05) is 17.5 Å². The minimum absolute atomic E-state index is 0.278. The van der Waals surface area contributed by atoms with Gasteiger partial charge in [-0.2, -0.15) is 0 Å². The Kier molecular flexibility index (Phi) is 5.52. The molecule has 8 heteroatoms. The lowest BCUT2D eigenvalue weighted by atomic mass is 10.0. The van der Waals surface area contributed by atoms with Crippen molar-refractivity contribution in [2.75, 3.05) is 0 Å². The van der Waals surface area contributed by atoms with Crippen molar-refractivity contribution in [1.82, 2.24) is 8.78 Å². The Morgan fingerprint density at radius 1 is 1.40 bits per heavy atom. The Morgan fingerprint density at radius 3 is 2.65 bits per heavy atom. The van der Waals surface area contributed by atoms with Crippen LogP contribution in [0.25, 0.3) is 10.9 Å². The highest BCUT2D eigenvalue weighted by molar-refractivity contribution is 7.31. The summed E-state index contributed by atoms with van der Waals surface area (Å²) in [4.78, 5) is 11.9. The number of rotatable bonds is 4. The third-order valence-electron chi connectivity index (χ3n) is 3.43. The largest absolute Gasteiger partial charge is 0.450 e. The van der Waals surface area contributed by atoms with Crippen molar-refractivity contribution in [3.8, 4) is 0 Å². The lowest BCUT2D eigenvalue weighted by Gasteiger charge is -2.21. The van der Waals surface area contributed by atoms with Crippen LogP contribution in [0.1, 0.15) is 11.3 Å². The molecule has 0 N–H and O–H groups in total. The predicted octanol–water partition coefficient (Wildman–Crippen LogP) is 2.71. The van der Waals surface area contributed by atoms with Gasteiger partial charge in [-0.25, -0.2) is 0 Å². The number of nitrogens with zero attached hydrogens (tertiary/aromatic N) is 2. The number of hydrogen-bond acceptors (Lipinski definition) is 3. The molecule has 0 saturated heterocycles. The van der Waals surface area contributed by atoms with Crippen molar-refractivity contribution in [3.05, 3.63) is 35.5 Å². The van der Waals surface area contributed by atoms with Crippen LogP contribution in [-0.4, -0.2) is 20.8 Å². The first-order valence-corrected chi connectivity index (χ1v) is 8.02. The fourth-order valence-electron chi connectivity index (χ4n) is 2.30. The van der Waals surface area contributed by atoms with E-state index in [9.17, 15) is 4.79 Å². The van der Waals surface area contributed by atoms with Crippen LogP contribution in [0.2, 0.25) is 0 Å². The summed E-state index contributed by atoms with van der Waals surface area (Å²) in [5.74, 6) is -0.278. The van der Waals surface area contributed by atoms with Gasteiger partial charge in [-0.1, -0.05) is 37.0 Å². The fourth-order valence-corrected chi connectivity index (χ4v) is 3.29. The molecule has 0 aliphatic rings. The highest BCUT2D eigenvalue weighted by Crippen LogP contribution is 2.30. The van der Waals surface area contributed by atoms with Gasteiger partial charge in [0.15, 0.2) is 0 Å². The molecule has 0 spiro atoms. The van der Waals surface area contributed by atoms with Crippen LogP contribution in [0.3, 0.4) is 0 Å². The molecule has 0 radical (unpaired) electrons. The van der Waals surface area contributed by atoms with E-state index in [1.165, 1.54) is 5.39 Å². The monoisotopic (exact) mass is 346 g/mol. The Bertz CT molecular complexity index is 642. The number of carbonyl (C=O) groups is 1. The first-order chi connectivity index (χ1) is 9.47. The molecule has 1 aromatic heterocycles. The van der Waals surface area contributed by atoms with Crippen LogP contribution in [0.15, 0.2) is 24.3 Å². The van der Waals surface area contributed by atoms with E-state index in [0.29, 0.717) is 6.42 Å². The van der Waals surface area contributed by atoms with Crippen molar-refractivity contribution in [3.63, 3.8) is 0 Å². The van der Waals surface area contributed by atoms with E-state index in [0.717, 1.165) is 16.8 Å². The van der Waals surface area contributed by atoms with Gasteiger partial charge in [-0.05, 0) is 27.9 Å². The van der Waals surface area contributed by atoms with Gasteiger partial charge < -0.3 is 8.86 Å². The first-order valence-electron chi connectivity index (χ1n) is 6.00. The van der Waals surface area contributed by atoms with Crippen molar-refractivity contribution < 1.29 is 9.32 Å². The highest BCUT2D eigenvalue weighted by Gasteiger charge is 2.25. The van der Waals surface area contributed by atoms with Crippen LogP contribution in [-0.2, 0) is 15.7 Å². The van der Waals surface area contributed by atoms with Gasteiger partial charge in [0.1, 0.15) is 6.04 Å². The van der Waals surface area contributed by atoms with Crippen molar-refractivity contribution in [1.29, 1.82) is 0 Å². The summed E-state index contributed by atoms with van der Waals surface area (Å²) in [6.45, 7) is 2.06. The maximum atomic E-state index is 11.9. The molecule has 2 aromatic rings. The second-order valence-electron chi connectivity index (χ2n) is 4.56. The molecule has 5 atom stereocenters. The van der Waals surface area contributed by atoms with E-state index in [1.54, 1.807) is 4.44 Å². The summed E-state index contributed by atoms with van der Waals surface area (Å²) in [6.07, 6.45) is 0.591. The van der Waals surface area contributed by atoms with Gasteiger partial charge >= 0.3 is 5.97 Å². The molecule has 4 nitrogen and oxygen atoms in total. The van der Waals surface area contributed by atoms with Gasteiger partial charge in [-0.3, -0.25) is 9.24 Å². The SMILES string of the molecule is Cc1c(CC(C(=O)OP)N(P)P)c2ccccc2n1P. The lowest BCUT2D eigenvalue weighted by molar-refractivity contribution is -0.136. The number of para-hydroxylation sites is 1. The highest BCUT2D eigenvalue weighted by atomic mass is 31.1. The molecule has 0 bridgehead atoms. The molecule has 108 valence electrons. The molecular weight excluding hydrogens is 328 g/mol. The fraction of sp³-hybridized carbons (Fsp3) is 0.250. The summed E-state index contributed by atoms with van der Waals surface area (Å²) in [7, 11) is 9.73. The molecular formula is C12H18N2O2P4. The van der Waals surface area contributed by atoms with E-state index in [2.05, 4.69) is 51.6 Å². The average molecular weight is 346 g/mol. The quantitative estimate of drug-likeness (QED) is 0.799. The lowest BCUT2D eigenvalue weighted by Crippen LogP contribution is -2.31. The van der Waals surface area contributed by atoms with E-state index < -0.39 is 0 Å². The molecule has 0 saturated carbocycles. The second kappa shape index (κ2) is 6.78.